The van der Waals surface area contributed by atoms with Crippen molar-refractivity contribution < 1.29 is 0 Å². The maximum atomic E-state index is 6.40. The van der Waals surface area contributed by atoms with Crippen LogP contribution in [-0.2, 0) is 0 Å². The van der Waals surface area contributed by atoms with Gasteiger partial charge in [-0.15, -0.1) is 0 Å². The number of benzene rings is 3. The van der Waals surface area contributed by atoms with Gasteiger partial charge < -0.3 is 0 Å². The van der Waals surface area contributed by atoms with E-state index >= 15 is 0 Å². The maximum absolute atomic E-state index is 6.40. The molecule has 3 aromatic rings. The van der Waals surface area contributed by atoms with E-state index in [1.54, 1.807) is 0 Å². The minimum atomic E-state index is -0.308. The molecule has 0 spiro atoms. The van der Waals surface area contributed by atoms with Crippen LogP contribution in [0.1, 0.15) is 23.5 Å². The Hall–Kier alpha value is -2.17. The SMILES string of the molecule is ClC1NC(c2ccccc2)NC(c2cccc(-c3ccccc3)c2)N1. The van der Waals surface area contributed by atoms with Crippen molar-refractivity contribution in [2.45, 2.75) is 18.0 Å². The highest BCUT2D eigenvalue weighted by atomic mass is 35.5. The summed E-state index contributed by atoms with van der Waals surface area (Å²) in [4.78, 5) is 0. The van der Waals surface area contributed by atoms with Crippen molar-refractivity contribution in [2.75, 3.05) is 0 Å². The van der Waals surface area contributed by atoms with Gasteiger partial charge in [-0.25, -0.2) is 0 Å². The van der Waals surface area contributed by atoms with E-state index < -0.39 is 0 Å². The normalized spacial score (nSPS) is 23.3. The average Bonchev–Trinajstić information content (AvgIpc) is 2.69. The van der Waals surface area contributed by atoms with Crippen molar-refractivity contribution in [3.63, 3.8) is 0 Å². The first-order valence-electron chi connectivity index (χ1n) is 8.42. The molecule has 0 amide bonds. The quantitative estimate of drug-likeness (QED) is 0.486. The fourth-order valence-electron chi connectivity index (χ4n) is 3.16. The average molecular weight is 350 g/mol. The molecular weight excluding hydrogens is 330 g/mol. The van der Waals surface area contributed by atoms with Crippen LogP contribution in [0.25, 0.3) is 11.1 Å². The molecule has 4 rings (SSSR count). The fourth-order valence-corrected chi connectivity index (χ4v) is 3.41. The lowest BCUT2D eigenvalue weighted by Gasteiger charge is -2.37. The molecule has 3 atom stereocenters. The predicted molar refractivity (Wildman–Crippen MR) is 103 cm³/mol. The molecule has 1 fully saturated rings. The molecule has 1 aliphatic heterocycles. The Bertz CT molecular complexity index is 823. The summed E-state index contributed by atoms with van der Waals surface area (Å²) in [5, 5.41) is 10.3. The Morgan fingerprint density at radius 1 is 0.560 bits per heavy atom. The topological polar surface area (TPSA) is 36.1 Å². The number of halogens is 1. The van der Waals surface area contributed by atoms with E-state index in [1.165, 1.54) is 16.7 Å². The summed E-state index contributed by atoms with van der Waals surface area (Å²) in [6.07, 6.45) is -0.0343. The van der Waals surface area contributed by atoms with Crippen molar-refractivity contribution >= 4 is 11.6 Å². The van der Waals surface area contributed by atoms with Gasteiger partial charge in [-0.3, -0.25) is 16.0 Å². The Labute approximate surface area is 153 Å². The zero-order chi connectivity index (χ0) is 17.1. The van der Waals surface area contributed by atoms with Crippen LogP contribution < -0.4 is 16.0 Å². The summed E-state index contributed by atoms with van der Waals surface area (Å²) < 4.78 is 0. The Balaban J connectivity index is 1.61. The first kappa shape index (κ1) is 16.3. The van der Waals surface area contributed by atoms with Gasteiger partial charge >= 0.3 is 0 Å². The van der Waals surface area contributed by atoms with Gasteiger partial charge in [0.15, 0.2) is 0 Å². The second kappa shape index (κ2) is 7.38. The van der Waals surface area contributed by atoms with Crippen molar-refractivity contribution in [3.05, 3.63) is 96.1 Å². The van der Waals surface area contributed by atoms with Crippen LogP contribution in [0.4, 0.5) is 0 Å². The summed E-state index contributed by atoms with van der Waals surface area (Å²) in [7, 11) is 0. The largest absolute Gasteiger partial charge is 0.279 e. The molecule has 3 unspecified atom stereocenters. The Morgan fingerprint density at radius 3 is 1.84 bits per heavy atom. The zero-order valence-corrected chi connectivity index (χ0v) is 14.4. The van der Waals surface area contributed by atoms with Crippen LogP contribution in [0.3, 0.4) is 0 Å². The van der Waals surface area contributed by atoms with Gasteiger partial charge in [-0.1, -0.05) is 90.5 Å². The van der Waals surface area contributed by atoms with E-state index in [9.17, 15) is 0 Å². The van der Waals surface area contributed by atoms with Crippen LogP contribution in [-0.4, -0.2) is 5.62 Å². The molecule has 4 heteroatoms. The Kier molecular flexibility index (Phi) is 4.81. The molecule has 3 N–H and O–H groups in total. The molecule has 0 aromatic heterocycles. The smallest absolute Gasteiger partial charge is 0.138 e. The first-order valence-corrected chi connectivity index (χ1v) is 8.86. The molecule has 0 saturated carbocycles. The summed E-state index contributed by atoms with van der Waals surface area (Å²) >= 11 is 6.40. The Morgan fingerprint density at radius 2 is 1.12 bits per heavy atom. The number of hydrogen-bond donors (Lipinski definition) is 3. The standard InChI is InChI=1S/C21H20ClN3/c22-21-24-19(16-10-5-2-6-11-16)23-20(25-21)18-13-7-12-17(14-18)15-8-3-1-4-9-15/h1-14,19-21,23-25H. The third-order valence-electron chi connectivity index (χ3n) is 4.42. The molecule has 25 heavy (non-hydrogen) atoms. The van der Waals surface area contributed by atoms with Gasteiger partial charge in [0.2, 0.25) is 0 Å². The summed E-state index contributed by atoms with van der Waals surface area (Å²) in [5.41, 5.74) is 4.42. The van der Waals surface area contributed by atoms with E-state index in [-0.39, 0.29) is 18.0 Å². The van der Waals surface area contributed by atoms with Gasteiger partial charge in [0.1, 0.15) is 5.62 Å². The van der Waals surface area contributed by atoms with Crippen LogP contribution in [0.15, 0.2) is 84.9 Å². The minimum Gasteiger partial charge on any atom is -0.279 e. The van der Waals surface area contributed by atoms with Gasteiger partial charge in [-0.2, -0.15) is 0 Å². The van der Waals surface area contributed by atoms with E-state index in [4.69, 9.17) is 11.6 Å². The zero-order valence-electron chi connectivity index (χ0n) is 13.7. The lowest BCUT2D eigenvalue weighted by atomic mass is 10.0. The maximum Gasteiger partial charge on any atom is 0.138 e. The van der Waals surface area contributed by atoms with E-state index in [2.05, 4.69) is 76.6 Å². The van der Waals surface area contributed by atoms with Crippen LogP contribution in [0.2, 0.25) is 0 Å². The molecule has 3 aromatic carbocycles. The highest BCUT2D eigenvalue weighted by molar-refractivity contribution is 6.20. The van der Waals surface area contributed by atoms with Crippen molar-refractivity contribution in [1.29, 1.82) is 0 Å². The van der Waals surface area contributed by atoms with E-state index in [0.717, 1.165) is 5.56 Å². The van der Waals surface area contributed by atoms with Gasteiger partial charge in [0.25, 0.3) is 0 Å². The molecule has 0 bridgehead atoms. The molecule has 0 radical (unpaired) electrons. The molecule has 1 aliphatic rings. The number of rotatable bonds is 3. The van der Waals surface area contributed by atoms with Crippen LogP contribution >= 0.6 is 11.6 Å². The van der Waals surface area contributed by atoms with Crippen LogP contribution in [0.5, 0.6) is 0 Å². The van der Waals surface area contributed by atoms with Gasteiger partial charge in [0, 0.05) is 0 Å². The highest BCUT2D eigenvalue weighted by Gasteiger charge is 2.27. The monoisotopic (exact) mass is 349 g/mol. The van der Waals surface area contributed by atoms with Gasteiger partial charge in [-0.05, 0) is 28.3 Å². The molecule has 1 heterocycles. The summed E-state index contributed by atoms with van der Waals surface area (Å²) in [6.45, 7) is 0. The van der Waals surface area contributed by atoms with Crippen molar-refractivity contribution in [2.24, 2.45) is 0 Å². The highest BCUT2D eigenvalue weighted by Crippen LogP contribution is 2.26. The van der Waals surface area contributed by atoms with E-state index in [1.807, 2.05) is 24.3 Å². The third-order valence-corrected chi connectivity index (χ3v) is 4.67. The molecule has 0 aliphatic carbocycles. The van der Waals surface area contributed by atoms with Gasteiger partial charge in [0.05, 0.1) is 12.3 Å². The number of hydrogen-bond acceptors (Lipinski definition) is 3. The third kappa shape index (κ3) is 3.75. The van der Waals surface area contributed by atoms with Crippen molar-refractivity contribution in [3.8, 4) is 11.1 Å². The lowest BCUT2D eigenvalue weighted by molar-refractivity contribution is 0.246. The van der Waals surface area contributed by atoms with Crippen LogP contribution in [0, 0.1) is 0 Å². The molecule has 126 valence electrons. The van der Waals surface area contributed by atoms with Crippen molar-refractivity contribution in [1.82, 2.24) is 16.0 Å². The molecule has 1 saturated heterocycles. The first-order chi connectivity index (χ1) is 12.3. The number of nitrogens with one attached hydrogen (secondary N) is 3. The van der Waals surface area contributed by atoms with E-state index in [0.29, 0.717) is 0 Å². The minimum absolute atomic E-state index is 0.00432. The predicted octanol–water partition coefficient (Wildman–Crippen LogP) is 4.36. The second-order valence-corrected chi connectivity index (χ2v) is 6.57. The molecular formula is C21H20ClN3. The summed E-state index contributed by atoms with van der Waals surface area (Å²) in [6, 6.07) is 29.2. The molecule has 3 nitrogen and oxygen atoms in total. The summed E-state index contributed by atoms with van der Waals surface area (Å²) in [5.74, 6) is 0. The number of alkyl halides is 1. The fraction of sp³-hybridized carbons (Fsp3) is 0.143. The second-order valence-electron chi connectivity index (χ2n) is 6.13. The lowest BCUT2D eigenvalue weighted by Crippen LogP contribution is -2.56.